The van der Waals surface area contributed by atoms with Crippen LogP contribution in [0.1, 0.15) is 46.5 Å². The van der Waals surface area contributed by atoms with Crippen molar-refractivity contribution in [2.24, 2.45) is 7.05 Å². The van der Waals surface area contributed by atoms with Crippen LogP contribution in [0.5, 0.6) is 11.5 Å². The van der Waals surface area contributed by atoms with E-state index < -0.39 is 22.8 Å². The molecule has 9 heteroatoms. The quantitative estimate of drug-likeness (QED) is 0.272. The summed E-state index contributed by atoms with van der Waals surface area (Å²) < 4.78 is 14.8. The molecule has 3 N–H and O–H groups in total. The molecule has 2 heterocycles. The first-order valence-electron chi connectivity index (χ1n) is 14.4. The molecule has 0 spiro atoms. The molecular formula is C35H34N4O5. The zero-order valence-corrected chi connectivity index (χ0v) is 25.4. The first-order valence-corrected chi connectivity index (χ1v) is 14.4. The van der Waals surface area contributed by atoms with Crippen molar-refractivity contribution >= 4 is 28.2 Å². The van der Waals surface area contributed by atoms with Crippen LogP contribution in [0.3, 0.4) is 0 Å². The predicted molar refractivity (Wildman–Crippen MR) is 172 cm³/mol. The standard InChI is InChI=1S/C35H34N4O5/c1-20-25-18-35(3,4)44-30(25)28(21(2)29(20)43-19-22-12-7-6-8-13-22)37-32(40)27-31(36)39(34(42)38(5)33(27)41)26-17-11-15-23-14-9-10-16-24(23)26/h6-17H,18-19,36H2,1-5H3,(H,37,40). The summed E-state index contributed by atoms with van der Waals surface area (Å²) >= 11 is 0. The SMILES string of the molecule is Cc1c2c(c(NC(=O)c3c(N)n(-c4cccc5ccccc45)c(=O)n(C)c3=O)c(C)c1OCc1ccccc1)OC(C)(C)C2. The molecule has 0 radical (unpaired) electrons. The van der Waals surface area contributed by atoms with Gasteiger partial charge in [0, 0.05) is 30.0 Å². The first-order chi connectivity index (χ1) is 21.0. The topological polar surface area (TPSA) is 118 Å². The molecule has 0 unspecified atom stereocenters. The lowest BCUT2D eigenvalue weighted by molar-refractivity contribution is 0.102. The van der Waals surface area contributed by atoms with Crippen LogP contribution in [0.4, 0.5) is 11.5 Å². The maximum absolute atomic E-state index is 14.0. The highest BCUT2D eigenvalue weighted by molar-refractivity contribution is 6.09. The number of ether oxygens (including phenoxy) is 2. The van der Waals surface area contributed by atoms with Crippen LogP contribution in [-0.2, 0) is 20.1 Å². The summed E-state index contributed by atoms with van der Waals surface area (Å²) in [5.74, 6) is 0.151. The van der Waals surface area contributed by atoms with Crippen molar-refractivity contribution < 1.29 is 14.3 Å². The van der Waals surface area contributed by atoms with Gasteiger partial charge in [-0.25, -0.2) is 9.36 Å². The Morgan fingerprint density at radius 1 is 0.977 bits per heavy atom. The number of hydrogen-bond donors (Lipinski definition) is 2. The van der Waals surface area contributed by atoms with E-state index in [1.807, 2.05) is 88.4 Å². The van der Waals surface area contributed by atoms with Crippen LogP contribution in [0, 0.1) is 13.8 Å². The minimum Gasteiger partial charge on any atom is -0.488 e. The van der Waals surface area contributed by atoms with Crippen molar-refractivity contribution in [1.29, 1.82) is 0 Å². The van der Waals surface area contributed by atoms with Gasteiger partial charge in [0.1, 0.15) is 35.1 Å². The Kier molecular flexibility index (Phi) is 7.04. The molecule has 1 aliphatic heterocycles. The highest BCUT2D eigenvalue weighted by atomic mass is 16.5. The van der Waals surface area contributed by atoms with Gasteiger partial charge in [-0.2, -0.15) is 0 Å². The molecule has 6 rings (SSSR count). The summed E-state index contributed by atoms with van der Waals surface area (Å²) in [4.78, 5) is 40.9. The molecule has 0 saturated carbocycles. The van der Waals surface area contributed by atoms with Crippen LogP contribution < -0.4 is 31.8 Å². The maximum Gasteiger partial charge on any atom is 0.336 e. The smallest absolute Gasteiger partial charge is 0.336 e. The van der Waals surface area contributed by atoms with Gasteiger partial charge in [-0.05, 0) is 50.3 Å². The zero-order chi connectivity index (χ0) is 31.3. The third kappa shape index (κ3) is 4.80. The van der Waals surface area contributed by atoms with Crippen LogP contribution >= 0.6 is 0 Å². The minimum atomic E-state index is -0.801. The van der Waals surface area contributed by atoms with Crippen molar-refractivity contribution in [2.75, 3.05) is 11.1 Å². The Hall–Kier alpha value is -5.31. The van der Waals surface area contributed by atoms with Gasteiger partial charge in [0.15, 0.2) is 0 Å². The summed E-state index contributed by atoms with van der Waals surface area (Å²) in [7, 11) is 1.33. The normalized spacial score (nSPS) is 13.4. The molecule has 1 amide bonds. The molecule has 44 heavy (non-hydrogen) atoms. The lowest BCUT2D eigenvalue weighted by atomic mass is 9.94. The number of rotatable bonds is 6. The molecule has 9 nitrogen and oxygen atoms in total. The van der Waals surface area contributed by atoms with E-state index in [0.29, 0.717) is 41.5 Å². The fraction of sp³-hybridized carbons (Fsp3) is 0.229. The van der Waals surface area contributed by atoms with Gasteiger partial charge in [0.2, 0.25) is 0 Å². The number of amides is 1. The largest absolute Gasteiger partial charge is 0.488 e. The summed E-state index contributed by atoms with van der Waals surface area (Å²) in [5.41, 5.74) is 8.55. The molecule has 4 aromatic carbocycles. The fourth-order valence-corrected chi connectivity index (χ4v) is 5.94. The second kappa shape index (κ2) is 10.8. The number of benzene rings is 4. The monoisotopic (exact) mass is 590 g/mol. The molecule has 0 bridgehead atoms. The van der Waals surface area contributed by atoms with Crippen LogP contribution in [0.15, 0.2) is 82.4 Å². The number of nitrogen functional groups attached to an aromatic ring is 1. The number of carbonyl (C=O) groups is 1. The van der Waals surface area contributed by atoms with E-state index in [-0.39, 0.29) is 11.4 Å². The van der Waals surface area contributed by atoms with E-state index in [1.165, 1.54) is 11.6 Å². The molecule has 0 fully saturated rings. The van der Waals surface area contributed by atoms with Crippen LogP contribution in [0.2, 0.25) is 0 Å². The number of nitrogens with one attached hydrogen (secondary N) is 1. The second-order valence-corrected chi connectivity index (χ2v) is 11.8. The van der Waals surface area contributed by atoms with Crippen molar-refractivity contribution in [2.45, 2.75) is 46.3 Å². The first kappa shape index (κ1) is 28.8. The van der Waals surface area contributed by atoms with Crippen molar-refractivity contribution in [3.05, 3.63) is 121 Å². The Labute approximate surface area is 254 Å². The highest BCUT2D eigenvalue weighted by Crippen LogP contribution is 2.49. The lowest BCUT2D eigenvalue weighted by Crippen LogP contribution is -2.43. The second-order valence-electron chi connectivity index (χ2n) is 11.8. The molecule has 1 aliphatic rings. The predicted octanol–water partition coefficient (Wildman–Crippen LogP) is 5.43. The van der Waals surface area contributed by atoms with Crippen molar-refractivity contribution in [3.8, 4) is 17.2 Å². The molecule has 1 aromatic heterocycles. The molecule has 5 aromatic rings. The Morgan fingerprint density at radius 2 is 1.66 bits per heavy atom. The summed E-state index contributed by atoms with van der Waals surface area (Å²) in [5, 5.41) is 4.55. The van der Waals surface area contributed by atoms with Gasteiger partial charge >= 0.3 is 5.69 Å². The third-order valence-corrected chi connectivity index (χ3v) is 8.18. The molecule has 0 saturated heterocycles. The number of fused-ring (bicyclic) bond motifs is 2. The van der Waals surface area contributed by atoms with Gasteiger partial charge in [-0.15, -0.1) is 0 Å². The van der Waals surface area contributed by atoms with Gasteiger partial charge in [0.05, 0.1) is 11.4 Å². The third-order valence-electron chi connectivity index (χ3n) is 8.18. The molecular weight excluding hydrogens is 556 g/mol. The van der Waals surface area contributed by atoms with E-state index >= 15 is 0 Å². The van der Waals surface area contributed by atoms with Gasteiger partial charge in [-0.3, -0.25) is 14.2 Å². The Bertz CT molecular complexity index is 2070. The number of hydrogen-bond acceptors (Lipinski definition) is 6. The lowest BCUT2D eigenvalue weighted by Gasteiger charge is -2.22. The Morgan fingerprint density at radius 3 is 2.41 bits per heavy atom. The molecule has 0 aliphatic carbocycles. The maximum atomic E-state index is 14.0. The van der Waals surface area contributed by atoms with Crippen molar-refractivity contribution in [3.63, 3.8) is 0 Å². The van der Waals surface area contributed by atoms with Crippen LogP contribution in [-0.4, -0.2) is 20.6 Å². The van der Waals surface area contributed by atoms with E-state index in [2.05, 4.69) is 5.32 Å². The van der Waals surface area contributed by atoms with E-state index in [0.717, 1.165) is 32.0 Å². The summed E-state index contributed by atoms with van der Waals surface area (Å²) in [6.45, 7) is 8.12. The molecule has 224 valence electrons. The van der Waals surface area contributed by atoms with Crippen LogP contribution in [0.25, 0.3) is 16.5 Å². The number of nitrogens with two attached hydrogens (primary N) is 1. The summed E-state index contributed by atoms with van der Waals surface area (Å²) in [6.07, 6.45) is 0.606. The van der Waals surface area contributed by atoms with Gasteiger partial charge in [-0.1, -0.05) is 66.7 Å². The minimum absolute atomic E-state index is 0.254. The number of carbonyl (C=O) groups excluding carboxylic acids is 1. The molecule has 0 atom stereocenters. The average molecular weight is 591 g/mol. The Balaban J connectivity index is 1.47. The van der Waals surface area contributed by atoms with E-state index in [4.69, 9.17) is 15.2 Å². The number of aromatic nitrogens is 2. The fourth-order valence-electron chi connectivity index (χ4n) is 5.94. The van der Waals surface area contributed by atoms with Gasteiger partial charge in [0.25, 0.3) is 11.5 Å². The van der Waals surface area contributed by atoms with Crippen molar-refractivity contribution in [1.82, 2.24) is 9.13 Å². The zero-order valence-electron chi connectivity index (χ0n) is 25.4. The number of anilines is 2. The van der Waals surface area contributed by atoms with E-state index in [9.17, 15) is 14.4 Å². The number of nitrogens with zero attached hydrogens (tertiary/aromatic N) is 2. The van der Waals surface area contributed by atoms with E-state index in [1.54, 1.807) is 12.1 Å². The summed E-state index contributed by atoms with van der Waals surface area (Å²) in [6, 6.07) is 22.8. The van der Waals surface area contributed by atoms with Gasteiger partial charge < -0.3 is 20.5 Å². The average Bonchev–Trinajstić information content (AvgIpc) is 3.34. The highest BCUT2D eigenvalue weighted by Gasteiger charge is 2.37.